The Labute approximate surface area is 202 Å². The van der Waals surface area contributed by atoms with E-state index in [1.165, 1.54) is 31.5 Å². The molecule has 1 N–H and O–H groups in total. The second-order valence-electron chi connectivity index (χ2n) is 6.94. The Morgan fingerprint density at radius 2 is 1.76 bits per heavy atom. The number of hydrazone groups is 1. The van der Waals surface area contributed by atoms with E-state index in [-0.39, 0.29) is 14.9 Å². The fourth-order valence-corrected chi connectivity index (χ4v) is 4.65. The van der Waals surface area contributed by atoms with Crippen molar-refractivity contribution in [1.29, 1.82) is 0 Å². The van der Waals surface area contributed by atoms with Crippen LogP contribution in [-0.2, 0) is 21.4 Å². The first-order valence-corrected chi connectivity index (χ1v) is 12.0. The van der Waals surface area contributed by atoms with E-state index < -0.39 is 22.5 Å². The Balaban J connectivity index is 1.60. The Kier molecular flexibility index (Phi) is 8.46. The molecule has 0 aromatic heterocycles. The summed E-state index contributed by atoms with van der Waals surface area (Å²) in [5, 5.41) is 4.15. The molecule has 1 amide bonds. The third-order valence-corrected chi connectivity index (χ3v) is 7.02. The van der Waals surface area contributed by atoms with Crippen molar-refractivity contribution in [3.05, 3.63) is 94.0 Å². The molecule has 10 heteroatoms. The van der Waals surface area contributed by atoms with Gasteiger partial charge in [0.15, 0.2) is 0 Å². The number of carbonyl (C=O) groups excluding carboxylic acids is 1. The molecule has 0 spiro atoms. The fourth-order valence-electron chi connectivity index (χ4n) is 2.79. The average molecular weight is 506 g/mol. The van der Waals surface area contributed by atoms with Gasteiger partial charge in [-0.15, -0.1) is 0 Å². The van der Waals surface area contributed by atoms with Gasteiger partial charge in [0.1, 0.15) is 17.3 Å². The maximum absolute atomic E-state index is 12.7. The van der Waals surface area contributed by atoms with Crippen LogP contribution in [0.2, 0.25) is 10.0 Å². The summed E-state index contributed by atoms with van der Waals surface area (Å²) in [5.41, 5.74) is 3.99. The van der Waals surface area contributed by atoms with Crippen molar-refractivity contribution in [3.8, 4) is 5.75 Å². The van der Waals surface area contributed by atoms with Gasteiger partial charge in [-0.1, -0.05) is 65.7 Å². The Morgan fingerprint density at radius 3 is 2.52 bits per heavy atom. The summed E-state index contributed by atoms with van der Waals surface area (Å²) in [6.45, 7) is -0.0819. The van der Waals surface area contributed by atoms with Crippen LogP contribution < -0.4 is 10.2 Å². The minimum absolute atomic E-state index is 0.0109. The van der Waals surface area contributed by atoms with E-state index >= 15 is 0 Å². The zero-order valence-electron chi connectivity index (χ0n) is 17.6. The van der Waals surface area contributed by atoms with Crippen LogP contribution in [0.3, 0.4) is 0 Å². The van der Waals surface area contributed by atoms with Gasteiger partial charge in [0, 0.05) is 17.6 Å². The normalized spacial score (nSPS) is 11.6. The molecule has 0 radical (unpaired) electrons. The molecular weight excluding hydrogens is 485 g/mol. The molecule has 0 bridgehead atoms. The largest absolute Gasteiger partial charge is 0.488 e. The lowest BCUT2D eigenvalue weighted by Crippen LogP contribution is -2.36. The molecule has 0 saturated carbocycles. The first kappa shape index (κ1) is 24.7. The Hall–Kier alpha value is -2.91. The molecule has 0 aliphatic carbocycles. The summed E-state index contributed by atoms with van der Waals surface area (Å²) in [6.07, 6.45) is 1.43. The second-order valence-corrected chi connectivity index (χ2v) is 9.80. The molecule has 0 atom stereocenters. The van der Waals surface area contributed by atoms with Gasteiger partial charge >= 0.3 is 0 Å². The fraction of sp³-hybridized carbons (Fsp3) is 0.130. The molecule has 0 aliphatic rings. The zero-order chi connectivity index (χ0) is 23.8. The average Bonchev–Trinajstić information content (AvgIpc) is 2.80. The Morgan fingerprint density at radius 1 is 1.06 bits per heavy atom. The zero-order valence-corrected chi connectivity index (χ0v) is 19.9. The van der Waals surface area contributed by atoms with Crippen molar-refractivity contribution >= 4 is 45.3 Å². The van der Waals surface area contributed by atoms with Gasteiger partial charge in [0.05, 0.1) is 17.8 Å². The number of nitrogens with one attached hydrogen (secondary N) is 1. The van der Waals surface area contributed by atoms with E-state index in [9.17, 15) is 13.2 Å². The lowest BCUT2D eigenvalue weighted by molar-refractivity contribution is -0.121. The van der Waals surface area contributed by atoms with Crippen molar-refractivity contribution in [1.82, 2.24) is 9.73 Å². The maximum atomic E-state index is 12.7. The summed E-state index contributed by atoms with van der Waals surface area (Å²) in [7, 11) is -2.75. The molecule has 0 heterocycles. The number of nitrogens with zero attached hydrogens (tertiary/aromatic N) is 2. The summed E-state index contributed by atoms with van der Waals surface area (Å²) in [6, 6.07) is 21.0. The number of amides is 1. The highest BCUT2D eigenvalue weighted by atomic mass is 35.5. The van der Waals surface area contributed by atoms with Gasteiger partial charge in [0.25, 0.3) is 5.91 Å². The molecular formula is C23H21Cl2N3O4S. The van der Waals surface area contributed by atoms with Crippen LogP contribution in [0.5, 0.6) is 5.75 Å². The van der Waals surface area contributed by atoms with Gasteiger partial charge in [-0.05, 0) is 35.9 Å². The van der Waals surface area contributed by atoms with Crippen molar-refractivity contribution in [2.24, 2.45) is 5.10 Å². The number of likely N-dealkylation sites (N-methyl/N-ethyl adjacent to an activating group) is 1. The number of halogens is 2. The predicted molar refractivity (Wildman–Crippen MR) is 129 cm³/mol. The van der Waals surface area contributed by atoms with E-state index in [2.05, 4.69) is 10.5 Å². The number of ether oxygens (including phenoxy) is 1. The van der Waals surface area contributed by atoms with E-state index in [0.717, 1.165) is 9.87 Å². The number of benzene rings is 3. The predicted octanol–water partition coefficient (Wildman–Crippen LogP) is 4.34. The number of hydrogen-bond acceptors (Lipinski definition) is 5. The van der Waals surface area contributed by atoms with E-state index in [1.807, 2.05) is 42.5 Å². The molecule has 0 fully saturated rings. The third-order valence-electron chi connectivity index (χ3n) is 4.50. The highest BCUT2D eigenvalue weighted by molar-refractivity contribution is 7.89. The monoisotopic (exact) mass is 505 g/mol. The van der Waals surface area contributed by atoms with E-state index in [1.54, 1.807) is 12.1 Å². The van der Waals surface area contributed by atoms with Crippen LogP contribution in [0.25, 0.3) is 0 Å². The highest BCUT2D eigenvalue weighted by Gasteiger charge is 2.25. The van der Waals surface area contributed by atoms with Gasteiger partial charge < -0.3 is 4.74 Å². The second kappa shape index (κ2) is 11.3. The van der Waals surface area contributed by atoms with Gasteiger partial charge in [0.2, 0.25) is 10.0 Å². The summed E-state index contributed by atoms with van der Waals surface area (Å²) >= 11 is 11.9. The molecule has 0 saturated heterocycles. The number of sulfonamides is 1. The minimum atomic E-state index is -4.02. The third kappa shape index (κ3) is 6.79. The summed E-state index contributed by atoms with van der Waals surface area (Å²) in [5.74, 6) is -0.0344. The molecule has 33 heavy (non-hydrogen) atoms. The smallest absolute Gasteiger partial charge is 0.255 e. The van der Waals surface area contributed by atoms with Crippen LogP contribution in [0.4, 0.5) is 0 Å². The highest BCUT2D eigenvalue weighted by Crippen LogP contribution is 2.27. The standard InChI is InChI=1S/C23H21Cl2N3O4S/c1-28(33(30,31)22-13-19(24)11-12-20(22)25)15-23(29)27-26-14-18-9-5-6-10-21(18)32-16-17-7-3-2-4-8-17/h2-14H,15-16H2,1H3,(H,27,29)/b26-14-. The minimum Gasteiger partial charge on any atom is -0.488 e. The maximum Gasteiger partial charge on any atom is 0.255 e. The molecule has 172 valence electrons. The van der Waals surface area contributed by atoms with Crippen molar-refractivity contribution in [3.63, 3.8) is 0 Å². The lowest BCUT2D eigenvalue weighted by atomic mass is 10.2. The quantitative estimate of drug-likeness (QED) is 0.346. The van der Waals surface area contributed by atoms with Crippen molar-refractivity contribution in [2.45, 2.75) is 11.5 Å². The summed E-state index contributed by atoms with van der Waals surface area (Å²) < 4.78 is 32.1. The summed E-state index contributed by atoms with van der Waals surface area (Å²) in [4.78, 5) is 12.1. The van der Waals surface area contributed by atoms with Gasteiger partial charge in [-0.25, -0.2) is 13.8 Å². The van der Waals surface area contributed by atoms with Crippen molar-refractivity contribution in [2.75, 3.05) is 13.6 Å². The molecule has 7 nitrogen and oxygen atoms in total. The topological polar surface area (TPSA) is 88.1 Å². The van der Waals surface area contributed by atoms with Gasteiger partial charge in [-0.2, -0.15) is 9.41 Å². The van der Waals surface area contributed by atoms with Crippen LogP contribution >= 0.6 is 23.2 Å². The van der Waals surface area contributed by atoms with Gasteiger partial charge in [-0.3, -0.25) is 4.79 Å². The number of hydrogen-bond donors (Lipinski definition) is 1. The number of para-hydroxylation sites is 1. The molecule has 0 aliphatic heterocycles. The first-order chi connectivity index (χ1) is 15.8. The molecule has 0 unspecified atom stereocenters. The number of carbonyl (C=O) groups is 1. The van der Waals surface area contributed by atoms with Crippen LogP contribution in [-0.4, -0.2) is 38.4 Å². The number of rotatable bonds is 9. The molecule has 3 aromatic carbocycles. The van der Waals surface area contributed by atoms with Crippen molar-refractivity contribution < 1.29 is 17.9 Å². The molecule has 3 rings (SSSR count). The SMILES string of the molecule is CN(CC(=O)N/N=C\c1ccccc1OCc1ccccc1)S(=O)(=O)c1cc(Cl)ccc1Cl. The van der Waals surface area contributed by atoms with Crippen LogP contribution in [0.15, 0.2) is 82.8 Å². The first-order valence-electron chi connectivity index (χ1n) is 9.76. The van der Waals surface area contributed by atoms with E-state index in [4.69, 9.17) is 27.9 Å². The Bertz CT molecular complexity index is 1250. The lowest BCUT2D eigenvalue weighted by Gasteiger charge is -2.17. The van der Waals surface area contributed by atoms with Crippen LogP contribution in [0, 0.1) is 0 Å². The van der Waals surface area contributed by atoms with E-state index in [0.29, 0.717) is 17.9 Å². The molecule has 3 aromatic rings. The van der Waals surface area contributed by atoms with Crippen LogP contribution in [0.1, 0.15) is 11.1 Å².